The molecule has 2 aliphatic heterocycles. The highest BCUT2D eigenvalue weighted by molar-refractivity contribution is 5.81. The molecular formula is C11H20N2O2. The highest BCUT2D eigenvalue weighted by atomic mass is 16.5. The van der Waals surface area contributed by atoms with Crippen LogP contribution in [0.4, 0.5) is 0 Å². The fourth-order valence-electron chi connectivity index (χ4n) is 2.38. The van der Waals surface area contributed by atoms with E-state index >= 15 is 0 Å². The summed E-state index contributed by atoms with van der Waals surface area (Å²) in [4.78, 5) is 13.9. The van der Waals surface area contributed by atoms with Crippen molar-refractivity contribution < 1.29 is 9.53 Å². The predicted molar refractivity (Wildman–Crippen MR) is 57.4 cm³/mol. The van der Waals surface area contributed by atoms with E-state index in [1.54, 1.807) is 0 Å². The zero-order valence-electron chi connectivity index (χ0n) is 9.32. The van der Waals surface area contributed by atoms with E-state index in [1.165, 1.54) is 0 Å². The topological polar surface area (TPSA) is 55.6 Å². The van der Waals surface area contributed by atoms with Crippen LogP contribution < -0.4 is 5.73 Å². The van der Waals surface area contributed by atoms with Crippen LogP contribution in [0, 0.1) is 0 Å². The average molecular weight is 212 g/mol. The van der Waals surface area contributed by atoms with Crippen molar-refractivity contribution in [2.75, 3.05) is 13.1 Å². The maximum absolute atomic E-state index is 12.0. The molecule has 2 saturated heterocycles. The molecule has 0 aliphatic carbocycles. The van der Waals surface area contributed by atoms with Gasteiger partial charge in [0.05, 0.1) is 6.10 Å². The van der Waals surface area contributed by atoms with Gasteiger partial charge in [0.2, 0.25) is 0 Å². The Hall–Kier alpha value is -0.610. The van der Waals surface area contributed by atoms with Gasteiger partial charge in [0.25, 0.3) is 5.91 Å². The van der Waals surface area contributed by atoms with Crippen molar-refractivity contribution in [3.05, 3.63) is 0 Å². The number of ether oxygens (including phenoxy) is 1. The maximum Gasteiger partial charge on any atom is 0.251 e. The van der Waals surface area contributed by atoms with Crippen molar-refractivity contribution in [1.82, 2.24) is 4.90 Å². The van der Waals surface area contributed by atoms with Crippen molar-refractivity contribution >= 4 is 5.91 Å². The number of hydrogen-bond donors (Lipinski definition) is 1. The fourth-order valence-corrected chi connectivity index (χ4v) is 2.38. The molecular weight excluding hydrogens is 192 g/mol. The van der Waals surface area contributed by atoms with Crippen LogP contribution in [0.3, 0.4) is 0 Å². The first-order chi connectivity index (χ1) is 7.20. The minimum absolute atomic E-state index is 0.152. The van der Waals surface area contributed by atoms with Crippen LogP contribution in [0.15, 0.2) is 0 Å². The Balaban J connectivity index is 1.86. The Labute approximate surface area is 90.8 Å². The zero-order chi connectivity index (χ0) is 10.8. The van der Waals surface area contributed by atoms with Crippen LogP contribution in [0.5, 0.6) is 0 Å². The lowest BCUT2D eigenvalue weighted by Gasteiger charge is -2.20. The SMILES string of the molecule is CCC1CCC(C(=O)N2CCC(N)C2)O1. The van der Waals surface area contributed by atoms with E-state index in [9.17, 15) is 4.79 Å². The number of rotatable bonds is 2. The second kappa shape index (κ2) is 4.49. The molecule has 0 aromatic carbocycles. The Kier molecular flexibility index (Phi) is 3.26. The number of amides is 1. The molecule has 3 unspecified atom stereocenters. The van der Waals surface area contributed by atoms with Crippen LogP contribution in [-0.4, -0.2) is 42.1 Å². The molecule has 2 N–H and O–H groups in total. The second-order valence-corrected chi connectivity index (χ2v) is 4.57. The summed E-state index contributed by atoms with van der Waals surface area (Å²) in [5, 5.41) is 0. The van der Waals surface area contributed by atoms with Gasteiger partial charge in [0.15, 0.2) is 0 Å². The smallest absolute Gasteiger partial charge is 0.251 e. The molecule has 2 aliphatic rings. The number of carbonyl (C=O) groups excluding carboxylic acids is 1. The van der Waals surface area contributed by atoms with Gasteiger partial charge < -0.3 is 15.4 Å². The number of likely N-dealkylation sites (tertiary alicyclic amines) is 1. The van der Waals surface area contributed by atoms with Crippen molar-refractivity contribution in [3.63, 3.8) is 0 Å². The van der Waals surface area contributed by atoms with E-state index in [2.05, 4.69) is 6.92 Å². The zero-order valence-corrected chi connectivity index (χ0v) is 9.32. The van der Waals surface area contributed by atoms with Crippen molar-refractivity contribution in [1.29, 1.82) is 0 Å². The minimum atomic E-state index is -0.194. The van der Waals surface area contributed by atoms with E-state index in [-0.39, 0.29) is 24.2 Å². The Morgan fingerprint density at radius 2 is 2.27 bits per heavy atom. The quantitative estimate of drug-likeness (QED) is 0.725. The molecule has 0 spiro atoms. The molecule has 0 saturated carbocycles. The summed E-state index contributed by atoms with van der Waals surface area (Å²) in [7, 11) is 0. The Morgan fingerprint density at radius 1 is 1.47 bits per heavy atom. The third-order valence-corrected chi connectivity index (χ3v) is 3.37. The van der Waals surface area contributed by atoms with Gasteiger partial charge in [-0.25, -0.2) is 0 Å². The lowest BCUT2D eigenvalue weighted by Crippen LogP contribution is -2.39. The number of nitrogens with zero attached hydrogens (tertiary/aromatic N) is 1. The van der Waals surface area contributed by atoms with E-state index in [0.29, 0.717) is 6.54 Å². The van der Waals surface area contributed by atoms with Crippen LogP contribution >= 0.6 is 0 Å². The molecule has 4 nitrogen and oxygen atoms in total. The molecule has 2 rings (SSSR count). The summed E-state index contributed by atoms with van der Waals surface area (Å²) in [6, 6.07) is 0.164. The largest absolute Gasteiger partial charge is 0.365 e. The first kappa shape index (κ1) is 10.9. The maximum atomic E-state index is 12.0. The second-order valence-electron chi connectivity index (χ2n) is 4.57. The van der Waals surface area contributed by atoms with Gasteiger partial charge in [0.1, 0.15) is 6.10 Å². The summed E-state index contributed by atoms with van der Waals surface area (Å²) < 4.78 is 5.69. The van der Waals surface area contributed by atoms with Crippen LogP contribution in [-0.2, 0) is 9.53 Å². The summed E-state index contributed by atoms with van der Waals surface area (Å²) in [6.07, 6.45) is 3.92. The third-order valence-electron chi connectivity index (χ3n) is 3.37. The van der Waals surface area contributed by atoms with Gasteiger partial charge in [-0.2, -0.15) is 0 Å². The molecule has 15 heavy (non-hydrogen) atoms. The third kappa shape index (κ3) is 2.32. The van der Waals surface area contributed by atoms with Crippen LogP contribution in [0.25, 0.3) is 0 Å². The van der Waals surface area contributed by atoms with Gasteiger partial charge in [-0.1, -0.05) is 6.92 Å². The van der Waals surface area contributed by atoms with Crippen LogP contribution in [0.2, 0.25) is 0 Å². The summed E-state index contributed by atoms with van der Waals surface area (Å²) in [5.41, 5.74) is 5.78. The Bertz CT molecular complexity index is 245. The van der Waals surface area contributed by atoms with E-state index in [1.807, 2.05) is 4.90 Å². The molecule has 2 fully saturated rings. The van der Waals surface area contributed by atoms with E-state index in [4.69, 9.17) is 10.5 Å². The van der Waals surface area contributed by atoms with Gasteiger partial charge >= 0.3 is 0 Å². The monoisotopic (exact) mass is 212 g/mol. The first-order valence-corrected chi connectivity index (χ1v) is 5.90. The van der Waals surface area contributed by atoms with Crippen molar-refractivity contribution in [2.24, 2.45) is 5.73 Å². The highest BCUT2D eigenvalue weighted by Gasteiger charge is 2.34. The van der Waals surface area contributed by atoms with Crippen molar-refractivity contribution in [2.45, 2.75) is 50.9 Å². The van der Waals surface area contributed by atoms with Gasteiger partial charge in [-0.15, -0.1) is 0 Å². The molecule has 86 valence electrons. The van der Waals surface area contributed by atoms with Crippen molar-refractivity contribution in [3.8, 4) is 0 Å². The number of carbonyl (C=O) groups is 1. The predicted octanol–water partition coefficient (Wildman–Crippen LogP) is 0.504. The summed E-state index contributed by atoms with van der Waals surface area (Å²) >= 11 is 0. The molecule has 0 aromatic heterocycles. The summed E-state index contributed by atoms with van der Waals surface area (Å²) in [6.45, 7) is 3.61. The molecule has 2 heterocycles. The molecule has 4 heteroatoms. The lowest BCUT2D eigenvalue weighted by atomic mass is 10.1. The van der Waals surface area contributed by atoms with E-state index < -0.39 is 0 Å². The molecule has 3 atom stereocenters. The van der Waals surface area contributed by atoms with Crippen LogP contribution in [0.1, 0.15) is 32.6 Å². The van der Waals surface area contributed by atoms with Gasteiger partial charge in [-0.3, -0.25) is 4.79 Å². The average Bonchev–Trinajstić information content (AvgIpc) is 2.84. The standard InChI is InChI=1S/C11H20N2O2/c1-2-9-3-4-10(15-9)11(14)13-6-5-8(12)7-13/h8-10H,2-7,12H2,1H3. The molecule has 0 bridgehead atoms. The fraction of sp³-hybridized carbons (Fsp3) is 0.909. The minimum Gasteiger partial charge on any atom is -0.365 e. The first-order valence-electron chi connectivity index (χ1n) is 5.90. The number of hydrogen-bond acceptors (Lipinski definition) is 3. The summed E-state index contributed by atoms with van der Waals surface area (Å²) in [5.74, 6) is 0.152. The molecule has 0 radical (unpaired) electrons. The van der Waals surface area contributed by atoms with E-state index in [0.717, 1.165) is 32.2 Å². The molecule has 0 aromatic rings. The molecule has 1 amide bonds. The number of nitrogens with two attached hydrogens (primary N) is 1. The normalized spacial score (nSPS) is 36.1. The van der Waals surface area contributed by atoms with Gasteiger partial charge in [0, 0.05) is 19.1 Å². The lowest BCUT2D eigenvalue weighted by molar-refractivity contribution is -0.141. The Morgan fingerprint density at radius 3 is 2.80 bits per heavy atom. The highest BCUT2D eigenvalue weighted by Crippen LogP contribution is 2.24. The van der Waals surface area contributed by atoms with Gasteiger partial charge in [-0.05, 0) is 25.7 Å².